The summed E-state index contributed by atoms with van der Waals surface area (Å²) in [6.07, 6.45) is 2.40. The average molecular weight is 390 g/mol. The van der Waals surface area contributed by atoms with Gasteiger partial charge in [-0.25, -0.2) is 8.42 Å². The molecule has 1 unspecified atom stereocenters. The fraction of sp³-hybridized carbons (Fsp3) is 0.588. The van der Waals surface area contributed by atoms with Crippen LogP contribution in [0, 0.1) is 0 Å². The second kappa shape index (κ2) is 9.99. The van der Waals surface area contributed by atoms with Crippen LogP contribution in [0.2, 0.25) is 0 Å². The van der Waals surface area contributed by atoms with E-state index >= 15 is 0 Å². The highest BCUT2D eigenvalue weighted by atomic mass is 35.5. The third kappa shape index (κ3) is 6.17. The maximum Gasteiger partial charge on any atom is 0.254 e. The molecule has 1 aromatic carbocycles. The molecule has 6 nitrogen and oxygen atoms in total. The molecule has 8 heteroatoms. The number of nitrogens with zero attached hydrogens (tertiary/aromatic N) is 1. The minimum absolute atomic E-state index is 0. The average Bonchev–Trinajstić information content (AvgIpc) is 3.05. The second-order valence-corrected chi connectivity index (χ2v) is 7.99. The summed E-state index contributed by atoms with van der Waals surface area (Å²) in [6.45, 7) is 6.32. The first-order valence-electron chi connectivity index (χ1n) is 8.59. The monoisotopic (exact) mass is 389 g/mol. The van der Waals surface area contributed by atoms with Crippen LogP contribution < -0.4 is 10.0 Å². The number of halogens is 1. The van der Waals surface area contributed by atoms with Gasteiger partial charge in [0.25, 0.3) is 5.91 Å². The fourth-order valence-electron chi connectivity index (χ4n) is 2.98. The fourth-order valence-corrected chi connectivity index (χ4v) is 4.10. The Bertz CT molecular complexity index is 661. The van der Waals surface area contributed by atoms with Gasteiger partial charge in [-0.2, -0.15) is 0 Å². The summed E-state index contributed by atoms with van der Waals surface area (Å²) in [6, 6.07) is 6.96. The van der Waals surface area contributed by atoms with E-state index in [1.807, 2.05) is 11.8 Å². The Hall–Kier alpha value is -1.31. The molecule has 2 N–H and O–H groups in total. The molecule has 0 saturated carbocycles. The summed E-state index contributed by atoms with van der Waals surface area (Å²) < 4.78 is 26.4. The Balaban J connectivity index is 0.00000312. The van der Waals surface area contributed by atoms with Crippen LogP contribution in [-0.4, -0.2) is 50.7 Å². The van der Waals surface area contributed by atoms with Crippen molar-refractivity contribution in [2.45, 2.75) is 39.2 Å². The van der Waals surface area contributed by atoms with Crippen molar-refractivity contribution in [3.05, 3.63) is 29.8 Å². The van der Waals surface area contributed by atoms with Crippen molar-refractivity contribution < 1.29 is 13.2 Å². The van der Waals surface area contributed by atoms with E-state index in [0.717, 1.165) is 25.9 Å². The maximum absolute atomic E-state index is 12.9. The molecule has 142 valence electrons. The van der Waals surface area contributed by atoms with Crippen molar-refractivity contribution in [2.75, 3.05) is 30.1 Å². The number of hydrogen-bond acceptors (Lipinski definition) is 4. The highest BCUT2D eigenvalue weighted by molar-refractivity contribution is 7.92. The number of sulfonamides is 1. The molecule has 2 rings (SSSR count). The standard InChI is InChI=1S/C17H27N3O3S.ClH/c1-3-10-20(16-8-9-18-13-16)17(21)14-6-5-7-15(12-14)19-24(22,23)11-4-2;/h5-7,12,16,18-19H,3-4,8-11,13H2,1-2H3;1H. The van der Waals surface area contributed by atoms with E-state index in [1.54, 1.807) is 24.3 Å². The lowest BCUT2D eigenvalue weighted by Crippen LogP contribution is -2.42. The number of anilines is 1. The molecule has 0 aromatic heterocycles. The zero-order chi connectivity index (χ0) is 17.6. The molecule has 1 amide bonds. The summed E-state index contributed by atoms with van der Waals surface area (Å²) in [5, 5.41) is 3.29. The van der Waals surface area contributed by atoms with Gasteiger partial charge < -0.3 is 10.2 Å². The number of carbonyl (C=O) groups is 1. The third-order valence-electron chi connectivity index (χ3n) is 4.06. The van der Waals surface area contributed by atoms with E-state index in [4.69, 9.17) is 0 Å². The van der Waals surface area contributed by atoms with Gasteiger partial charge in [0, 0.05) is 30.4 Å². The van der Waals surface area contributed by atoms with Crippen molar-refractivity contribution >= 4 is 34.0 Å². The molecular formula is C17H28ClN3O3S. The molecule has 1 aromatic rings. The molecule has 1 fully saturated rings. The van der Waals surface area contributed by atoms with Crippen molar-refractivity contribution in [1.29, 1.82) is 0 Å². The first-order valence-corrected chi connectivity index (χ1v) is 10.2. The Morgan fingerprint density at radius 1 is 1.32 bits per heavy atom. The Morgan fingerprint density at radius 3 is 2.68 bits per heavy atom. The molecule has 1 atom stereocenters. The van der Waals surface area contributed by atoms with Crippen LogP contribution in [0.25, 0.3) is 0 Å². The number of nitrogens with one attached hydrogen (secondary N) is 2. The zero-order valence-corrected chi connectivity index (χ0v) is 16.5. The lowest BCUT2D eigenvalue weighted by atomic mass is 10.1. The van der Waals surface area contributed by atoms with Crippen molar-refractivity contribution in [3.8, 4) is 0 Å². The third-order valence-corrected chi connectivity index (χ3v) is 5.55. The van der Waals surface area contributed by atoms with E-state index < -0.39 is 10.0 Å². The zero-order valence-electron chi connectivity index (χ0n) is 14.8. The van der Waals surface area contributed by atoms with Crippen LogP contribution in [0.4, 0.5) is 5.69 Å². The lowest BCUT2D eigenvalue weighted by molar-refractivity contribution is 0.0692. The van der Waals surface area contributed by atoms with Gasteiger partial charge in [0.15, 0.2) is 0 Å². The van der Waals surface area contributed by atoms with Crippen LogP contribution >= 0.6 is 12.4 Å². The largest absolute Gasteiger partial charge is 0.334 e. The Labute approximate surface area is 156 Å². The highest BCUT2D eigenvalue weighted by Gasteiger charge is 2.26. The highest BCUT2D eigenvalue weighted by Crippen LogP contribution is 2.18. The molecule has 1 saturated heterocycles. The van der Waals surface area contributed by atoms with Gasteiger partial charge in [-0.3, -0.25) is 9.52 Å². The molecular weight excluding hydrogens is 362 g/mol. The van der Waals surface area contributed by atoms with Gasteiger partial charge in [-0.15, -0.1) is 12.4 Å². The van der Waals surface area contributed by atoms with E-state index in [9.17, 15) is 13.2 Å². The first-order chi connectivity index (χ1) is 11.5. The van der Waals surface area contributed by atoms with Crippen LogP contribution in [-0.2, 0) is 10.0 Å². The molecule has 25 heavy (non-hydrogen) atoms. The van der Waals surface area contributed by atoms with Gasteiger partial charge in [-0.05, 0) is 44.0 Å². The summed E-state index contributed by atoms with van der Waals surface area (Å²) >= 11 is 0. The maximum atomic E-state index is 12.9. The van der Waals surface area contributed by atoms with Crippen LogP contribution in [0.15, 0.2) is 24.3 Å². The number of hydrogen-bond donors (Lipinski definition) is 2. The molecule has 0 spiro atoms. The van der Waals surface area contributed by atoms with Crippen molar-refractivity contribution in [2.24, 2.45) is 0 Å². The van der Waals surface area contributed by atoms with Crippen molar-refractivity contribution in [1.82, 2.24) is 10.2 Å². The molecule has 0 radical (unpaired) electrons. The van der Waals surface area contributed by atoms with Crippen LogP contribution in [0.3, 0.4) is 0 Å². The lowest BCUT2D eigenvalue weighted by Gasteiger charge is -2.28. The summed E-state index contributed by atoms with van der Waals surface area (Å²) in [4.78, 5) is 14.8. The number of benzene rings is 1. The Morgan fingerprint density at radius 2 is 2.08 bits per heavy atom. The quantitative estimate of drug-likeness (QED) is 0.715. The first kappa shape index (κ1) is 21.7. The summed E-state index contributed by atoms with van der Waals surface area (Å²) in [5.74, 6) is 0.0306. The number of amides is 1. The van der Waals surface area contributed by atoms with E-state index in [1.165, 1.54) is 0 Å². The van der Waals surface area contributed by atoms with Crippen LogP contribution in [0.1, 0.15) is 43.5 Å². The predicted octanol–water partition coefficient (Wildman–Crippen LogP) is 2.47. The van der Waals surface area contributed by atoms with Gasteiger partial charge >= 0.3 is 0 Å². The smallest absolute Gasteiger partial charge is 0.254 e. The summed E-state index contributed by atoms with van der Waals surface area (Å²) in [7, 11) is -3.36. The molecule has 1 aliphatic rings. The minimum Gasteiger partial charge on any atom is -0.334 e. The van der Waals surface area contributed by atoms with Gasteiger partial charge in [0.1, 0.15) is 0 Å². The van der Waals surface area contributed by atoms with Gasteiger partial charge in [0.05, 0.1) is 5.75 Å². The molecule has 0 aliphatic carbocycles. The molecule has 1 aliphatic heterocycles. The predicted molar refractivity (Wildman–Crippen MR) is 104 cm³/mol. The number of rotatable bonds is 8. The molecule has 1 heterocycles. The second-order valence-electron chi connectivity index (χ2n) is 6.15. The Kier molecular flexibility index (Phi) is 8.68. The summed E-state index contributed by atoms with van der Waals surface area (Å²) in [5.41, 5.74) is 0.961. The molecule has 0 bridgehead atoms. The minimum atomic E-state index is -3.36. The van der Waals surface area contributed by atoms with E-state index in [0.29, 0.717) is 24.2 Å². The topological polar surface area (TPSA) is 78.5 Å². The van der Waals surface area contributed by atoms with Gasteiger partial charge in [-0.1, -0.05) is 19.9 Å². The normalized spacial score (nSPS) is 17.0. The van der Waals surface area contributed by atoms with E-state index in [2.05, 4.69) is 17.0 Å². The number of carbonyl (C=O) groups excluding carboxylic acids is 1. The van der Waals surface area contributed by atoms with Crippen LogP contribution in [0.5, 0.6) is 0 Å². The SMILES string of the molecule is CCCN(C(=O)c1cccc(NS(=O)(=O)CCC)c1)C1CCNC1.Cl. The van der Waals surface area contributed by atoms with Crippen molar-refractivity contribution in [3.63, 3.8) is 0 Å². The van der Waals surface area contributed by atoms with E-state index in [-0.39, 0.29) is 30.1 Å². The van der Waals surface area contributed by atoms with Gasteiger partial charge in [0.2, 0.25) is 10.0 Å².